The van der Waals surface area contributed by atoms with Gasteiger partial charge < -0.3 is 4.90 Å². The molecule has 0 aromatic heterocycles. The quantitative estimate of drug-likeness (QED) is 0.584. The van der Waals surface area contributed by atoms with Crippen LogP contribution in [0.2, 0.25) is 0 Å². The lowest BCUT2D eigenvalue weighted by atomic mass is 10.2. The Balaban J connectivity index is 1.34. The minimum Gasteiger partial charge on any atom is -0.342 e. The Labute approximate surface area is 197 Å². The highest BCUT2D eigenvalue weighted by Gasteiger charge is 2.31. The van der Waals surface area contributed by atoms with Gasteiger partial charge in [0.15, 0.2) is 0 Å². The number of benzene rings is 1. The SMILES string of the molecule is O=C(CN1CCN(S(=O)(=O)c2ccc(S(=O)(=O)N3CCCC3)cc2)CC1)N1CCCCCC1. The van der Waals surface area contributed by atoms with Crippen molar-refractivity contribution < 1.29 is 21.6 Å². The highest BCUT2D eigenvalue weighted by molar-refractivity contribution is 7.89. The largest absolute Gasteiger partial charge is 0.342 e. The van der Waals surface area contributed by atoms with Gasteiger partial charge in [-0.1, -0.05) is 12.8 Å². The van der Waals surface area contributed by atoms with E-state index < -0.39 is 20.0 Å². The van der Waals surface area contributed by atoms with Gasteiger partial charge in [0.05, 0.1) is 16.3 Å². The van der Waals surface area contributed by atoms with E-state index in [1.165, 1.54) is 45.7 Å². The Morgan fingerprint density at radius 3 is 1.52 bits per heavy atom. The Bertz CT molecular complexity index is 1020. The molecule has 3 fully saturated rings. The van der Waals surface area contributed by atoms with Gasteiger partial charge in [-0.05, 0) is 49.9 Å². The average molecular weight is 499 g/mol. The molecule has 1 amide bonds. The summed E-state index contributed by atoms with van der Waals surface area (Å²) in [6.45, 7) is 4.59. The van der Waals surface area contributed by atoms with Gasteiger partial charge in [-0.25, -0.2) is 16.8 Å². The molecule has 4 rings (SSSR count). The van der Waals surface area contributed by atoms with Crippen molar-refractivity contribution in [3.8, 4) is 0 Å². The third kappa shape index (κ3) is 5.59. The molecule has 0 spiro atoms. The Morgan fingerprint density at radius 2 is 1.03 bits per heavy atom. The van der Waals surface area contributed by atoms with Crippen molar-refractivity contribution >= 4 is 26.0 Å². The first kappa shape index (κ1) is 24.6. The van der Waals surface area contributed by atoms with Gasteiger partial charge in [0.1, 0.15) is 0 Å². The molecule has 33 heavy (non-hydrogen) atoms. The maximum atomic E-state index is 13.1. The first-order valence-electron chi connectivity index (χ1n) is 11.9. The average Bonchev–Trinajstić information content (AvgIpc) is 3.23. The van der Waals surface area contributed by atoms with Crippen molar-refractivity contribution in [3.63, 3.8) is 0 Å². The van der Waals surface area contributed by atoms with E-state index in [4.69, 9.17) is 0 Å². The molecule has 0 N–H and O–H groups in total. The number of hydrogen-bond donors (Lipinski definition) is 0. The van der Waals surface area contributed by atoms with Crippen molar-refractivity contribution in [1.82, 2.24) is 18.4 Å². The lowest BCUT2D eigenvalue weighted by Crippen LogP contribution is -2.51. The second kappa shape index (κ2) is 10.4. The fraction of sp³-hybridized carbons (Fsp3) is 0.682. The molecule has 0 aliphatic carbocycles. The van der Waals surface area contributed by atoms with Crippen LogP contribution in [0.15, 0.2) is 34.1 Å². The monoisotopic (exact) mass is 498 g/mol. The molecule has 184 valence electrons. The standard InChI is InChI=1S/C22H34N4O5S2/c27-22(24-11-3-1-2-4-12-24)19-23-15-17-26(18-16-23)33(30,31)21-9-7-20(8-10-21)32(28,29)25-13-5-6-14-25/h7-10H,1-6,11-19H2. The van der Waals surface area contributed by atoms with Crippen LogP contribution in [0.3, 0.4) is 0 Å². The number of piperazine rings is 1. The number of hydrogen-bond acceptors (Lipinski definition) is 6. The fourth-order valence-corrected chi connectivity index (χ4v) is 7.69. The lowest BCUT2D eigenvalue weighted by Gasteiger charge is -2.34. The Kier molecular flexibility index (Phi) is 7.74. The molecule has 0 saturated carbocycles. The molecule has 1 aromatic carbocycles. The molecular weight excluding hydrogens is 464 g/mol. The number of carbonyl (C=O) groups is 1. The van der Waals surface area contributed by atoms with E-state index in [-0.39, 0.29) is 15.7 Å². The van der Waals surface area contributed by atoms with Gasteiger partial charge in [-0.15, -0.1) is 0 Å². The van der Waals surface area contributed by atoms with Crippen LogP contribution in [-0.2, 0) is 24.8 Å². The summed E-state index contributed by atoms with van der Waals surface area (Å²) in [4.78, 5) is 16.8. The smallest absolute Gasteiger partial charge is 0.243 e. The van der Waals surface area contributed by atoms with Crippen LogP contribution in [-0.4, -0.2) is 100 Å². The molecule has 3 saturated heterocycles. The second-order valence-corrected chi connectivity index (χ2v) is 12.9. The number of rotatable bonds is 6. The molecule has 0 atom stereocenters. The van der Waals surface area contributed by atoms with Gasteiger partial charge in [0.2, 0.25) is 26.0 Å². The summed E-state index contributed by atoms with van der Waals surface area (Å²) in [6.07, 6.45) is 6.14. The fourth-order valence-electron chi connectivity index (χ4n) is 4.75. The highest BCUT2D eigenvalue weighted by atomic mass is 32.2. The van der Waals surface area contributed by atoms with Crippen LogP contribution < -0.4 is 0 Å². The minimum atomic E-state index is -3.72. The molecule has 0 unspecified atom stereocenters. The van der Waals surface area contributed by atoms with Crippen LogP contribution in [0, 0.1) is 0 Å². The first-order valence-corrected chi connectivity index (χ1v) is 14.8. The van der Waals surface area contributed by atoms with Crippen LogP contribution in [0.5, 0.6) is 0 Å². The van der Waals surface area contributed by atoms with Gasteiger partial charge in [-0.2, -0.15) is 8.61 Å². The van der Waals surface area contributed by atoms with Gasteiger partial charge in [0.25, 0.3) is 0 Å². The predicted molar refractivity (Wildman–Crippen MR) is 125 cm³/mol. The zero-order chi connectivity index (χ0) is 23.5. The van der Waals surface area contributed by atoms with E-state index in [0.29, 0.717) is 45.8 Å². The summed E-state index contributed by atoms with van der Waals surface area (Å²) in [6, 6.07) is 5.54. The van der Waals surface area contributed by atoms with Crippen LogP contribution in [0.1, 0.15) is 38.5 Å². The lowest BCUT2D eigenvalue weighted by molar-refractivity contribution is -0.132. The number of nitrogens with zero attached hydrogens (tertiary/aromatic N) is 4. The van der Waals surface area contributed by atoms with E-state index in [1.54, 1.807) is 0 Å². The Morgan fingerprint density at radius 1 is 0.606 bits per heavy atom. The summed E-state index contributed by atoms with van der Waals surface area (Å²) < 4.78 is 54.4. The first-order chi connectivity index (χ1) is 15.8. The van der Waals surface area contributed by atoms with Crippen molar-refractivity contribution in [3.05, 3.63) is 24.3 Å². The van der Waals surface area contributed by atoms with Gasteiger partial charge >= 0.3 is 0 Å². The van der Waals surface area contributed by atoms with Crippen LogP contribution in [0.25, 0.3) is 0 Å². The highest BCUT2D eigenvalue weighted by Crippen LogP contribution is 2.24. The number of carbonyl (C=O) groups excluding carboxylic acids is 1. The summed E-state index contributed by atoms with van der Waals surface area (Å²) in [5.41, 5.74) is 0. The van der Waals surface area contributed by atoms with E-state index in [9.17, 15) is 21.6 Å². The third-order valence-corrected chi connectivity index (χ3v) is 10.6. The summed E-state index contributed by atoms with van der Waals surface area (Å²) >= 11 is 0. The summed E-state index contributed by atoms with van der Waals surface area (Å²) in [5.74, 6) is 0.128. The van der Waals surface area contributed by atoms with E-state index in [2.05, 4.69) is 0 Å². The normalized spacial score (nSPS) is 22.4. The van der Waals surface area contributed by atoms with Gasteiger partial charge in [0, 0.05) is 52.4 Å². The van der Waals surface area contributed by atoms with E-state index in [1.807, 2.05) is 9.80 Å². The number of sulfonamides is 2. The second-order valence-electron chi connectivity index (χ2n) is 9.06. The maximum absolute atomic E-state index is 13.1. The van der Waals surface area contributed by atoms with Crippen molar-refractivity contribution in [2.45, 2.75) is 48.3 Å². The molecule has 11 heteroatoms. The molecular formula is C22H34N4O5S2. The van der Waals surface area contributed by atoms with Crippen molar-refractivity contribution in [2.75, 3.05) is 58.9 Å². The topological polar surface area (TPSA) is 98.3 Å². The minimum absolute atomic E-state index is 0.0944. The third-order valence-electron chi connectivity index (χ3n) is 6.81. The summed E-state index contributed by atoms with van der Waals surface area (Å²) in [7, 11) is -7.29. The van der Waals surface area contributed by atoms with Crippen LogP contribution >= 0.6 is 0 Å². The number of likely N-dealkylation sites (tertiary alicyclic amines) is 1. The maximum Gasteiger partial charge on any atom is 0.243 e. The molecule has 3 heterocycles. The molecule has 0 bridgehead atoms. The molecule has 3 aliphatic rings. The molecule has 0 radical (unpaired) electrons. The van der Waals surface area contributed by atoms with Crippen molar-refractivity contribution in [2.24, 2.45) is 0 Å². The molecule has 3 aliphatic heterocycles. The summed E-state index contributed by atoms with van der Waals surface area (Å²) in [5, 5.41) is 0. The van der Waals surface area contributed by atoms with E-state index >= 15 is 0 Å². The van der Waals surface area contributed by atoms with E-state index in [0.717, 1.165) is 38.8 Å². The van der Waals surface area contributed by atoms with Gasteiger partial charge in [-0.3, -0.25) is 9.69 Å². The zero-order valence-corrected chi connectivity index (χ0v) is 20.7. The van der Waals surface area contributed by atoms with Crippen LogP contribution in [0.4, 0.5) is 0 Å². The zero-order valence-electron chi connectivity index (χ0n) is 19.1. The Hall–Kier alpha value is -1.53. The number of amides is 1. The molecule has 9 nitrogen and oxygen atoms in total. The molecule has 1 aromatic rings. The predicted octanol–water partition coefficient (Wildman–Crippen LogP) is 1.18. The van der Waals surface area contributed by atoms with Crippen molar-refractivity contribution in [1.29, 1.82) is 0 Å².